The third-order valence-corrected chi connectivity index (χ3v) is 6.65. The lowest BCUT2D eigenvalue weighted by Crippen LogP contribution is -2.58. The summed E-state index contributed by atoms with van der Waals surface area (Å²) < 4.78 is 0. The molecule has 7 nitrogen and oxygen atoms in total. The van der Waals surface area contributed by atoms with Gasteiger partial charge in [0.15, 0.2) is 0 Å². The second-order valence-corrected chi connectivity index (χ2v) is 10.7. The van der Waals surface area contributed by atoms with Crippen molar-refractivity contribution in [3.8, 4) is 0 Å². The molecule has 0 heterocycles. The fourth-order valence-corrected chi connectivity index (χ4v) is 4.57. The first kappa shape index (κ1) is 29.4. The topological polar surface area (TPSA) is 140 Å². The number of aryl methyl sites for hydroxylation is 1. The number of halogens is 1. The number of amides is 1. The van der Waals surface area contributed by atoms with Crippen LogP contribution in [0.5, 0.6) is 0 Å². The summed E-state index contributed by atoms with van der Waals surface area (Å²) in [6, 6.07) is 4.77. The van der Waals surface area contributed by atoms with Crippen LogP contribution in [0.25, 0.3) is 0 Å². The van der Waals surface area contributed by atoms with Crippen molar-refractivity contribution in [2.24, 2.45) is 33.0 Å². The SMILES string of the molecule is Cc1cc(CN=C(N)C(N)C(=O)NC(C(C)(C)C)C2(C)CCCC2)ccc1Cl.NCCCO. The van der Waals surface area contributed by atoms with Gasteiger partial charge in [0.25, 0.3) is 0 Å². The Kier molecular flexibility index (Phi) is 11.8. The molecule has 1 aromatic rings. The van der Waals surface area contributed by atoms with Crippen LogP contribution in [0, 0.1) is 17.8 Å². The van der Waals surface area contributed by atoms with E-state index in [9.17, 15) is 4.79 Å². The van der Waals surface area contributed by atoms with Crippen molar-refractivity contribution in [2.45, 2.75) is 85.4 Å². The minimum atomic E-state index is -0.955. The number of hydrogen-bond acceptors (Lipinski definition) is 5. The molecule has 1 aliphatic carbocycles. The molecular formula is C25H44ClN5O2. The van der Waals surface area contributed by atoms with E-state index >= 15 is 0 Å². The molecule has 0 aliphatic heterocycles. The van der Waals surface area contributed by atoms with Crippen LogP contribution in [0.3, 0.4) is 0 Å². The summed E-state index contributed by atoms with van der Waals surface area (Å²) in [4.78, 5) is 17.2. The maximum absolute atomic E-state index is 12.8. The fraction of sp³-hybridized carbons (Fsp3) is 0.680. The Morgan fingerprint density at radius 1 is 1.30 bits per heavy atom. The molecule has 188 valence electrons. The number of aliphatic imine (C=N–C) groups is 1. The van der Waals surface area contributed by atoms with E-state index in [1.807, 2.05) is 25.1 Å². The van der Waals surface area contributed by atoms with Gasteiger partial charge in [0, 0.05) is 17.7 Å². The van der Waals surface area contributed by atoms with Crippen LogP contribution in [0.15, 0.2) is 23.2 Å². The van der Waals surface area contributed by atoms with Crippen molar-refractivity contribution in [1.29, 1.82) is 0 Å². The van der Waals surface area contributed by atoms with Gasteiger partial charge in [-0.1, -0.05) is 64.3 Å². The van der Waals surface area contributed by atoms with Crippen LogP contribution in [-0.2, 0) is 11.3 Å². The third kappa shape index (κ3) is 9.24. The molecule has 2 atom stereocenters. The monoisotopic (exact) mass is 481 g/mol. The highest BCUT2D eigenvalue weighted by atomic mass is 35.5. The molecule has 0 bridgehead atoms. The number of nitrogens with zero attached hydrogens (tertiary/aromatic N) is 1. The number of hydrogen-bond donors (Lipinski definition) is 5. The molecule has 1 fully saturated rings. The largest absolute Gasteiger partial charge is 0.396 e. The lowest BCUT2D eigenvalue weighted by molar-refractivity contribution is -0.123. The van der Waals surface area contributed by atoms with E-state index in [0.29, 0.717) is 18.1 Å². The van der Waals surface area contributed by atoms with Crippen molar-refractivity contribution in [3.63, 3.8) is 0 Å². The van der Waals surface area contributed by atoms with Gasteiger partial charge in [0.1, 0.15) is 11.9 Å². The van der Waals surface area contributed by atoms with Gasteiger partial charge in [-0.2, -0.15) is 0 Å². The van der Waals surface area contributed by atoms with Crippen molar-refractivity contribution in [2.75, 3.05) is 13.2 Å². The van der Waals surface area contributed by atoms with Gasteiger partial charge < -0.3 is 27.6 Å². The fourth-order valence-electron chi connectivity index (χ4n) is 4.45. The smallest absolute Gasteiger partial charge is 0.244 e. The molecule has 1 saturated carbocycles. The summed E-state index contributed by atoms with van der Waals surface area (Å²) in [5.74, 6) is -0.115. The first-order valence-corrected chi connectivity index (χ1v) is 12.1. The first-order valence-electron chi connectivity index (χ1n) is 11.8. The number of carbonyl (C=O) groups excluding carboxylic acids is 1. The Morgan fingerprint density at radius 2 is 1.91 bits per heavy atom. The zero-order chi connectivity index (χ0) is 25.2. The zero-order valence-electron chi connectivity index (χ0n) is 21.0. The minimum Gasteiger partial charge on any atom is -0.396 e. The van der Waals surface area contributed by atoms with Gasteiger partial charge in [0.2, 0.25) is 5.91 Å². The maximum Gasteiger partial charge on any atom is 0.244 e. The molecule has 8 heteroatoms. The van der Waals surface area contributed by atoms with Crippen LogP contribution in [-0.4, -0.2) is 42.1 Å². The molecule has 1 aliphatic rings. The van der Waals surface area contributed by atoms with Crippen LogP contribution < -0.4 is 22.5 Å². The van der Waals surface area contributed by atoms with Gasteiger partial charge in [-0.15, -0.1) is 0 Å². The Bertz CT molecular complexity index is 783. The molecule has 2 unspecified atom stereocenters. The molecule has 2 rings (SSSR count). The number of nitrogens with two attached hydrogens (primary N) is 3. The highest BCUT2D eigenvalue weighted by Gasteiger charge is 2.44. The van der Waals surface area contributed by atoms with E-state index in [-0.39, 0.29) is 35.2 Å². The van der Waals surface area contributed by atoms with Crippen LogP contribution in [0.2, 0.25) is 5.02 Å². The van der Waals surface area contributed by atoms with Crippen LogP contribution in [0.1, 0.15) is 70.9 Å². The van der Waals surface area contributed by atoms with Crippen molar-refractivity contribution in [3.05, 3.63) is 34.3 Å². The molecule has 0 saturated heterocycles. The van der Waals surface area contributed by atoms with E-state index < -0.39 is 6.04 Å². The number of aliphatic hydroxyl groups is 1. The predicted octanol–water partition coefficient (Wildman–Crippen LogP) is 3.27. The molecule has 0 aromatic heterocycles. The number of benzene rings is 1. The van der Waals surface area contributed by atoms with E-state index in [4.69, 9.17) is 33.9 Å². The third-order valence-electron chi connectivity index (χ3n) is 6.23. The van der Waals surface area contributed by atoms with E-state index in [0.717, 1.165) is 30.4 Å². The van der Waals surface area contributed by atoms with E-state index in [1.165, 1.54) is 12.8 Å². The van der Waals surface area contributed by atoms with Crippen LogP contribution >= 0.6 is 11.6 Å². The number of rotatable bonds is 8. The van der Waals surface area contributed by atoms with Gasteiger partial charge in [-0.3, -0.25) is 9.79 Å². The Labute approximate surface area is 204 Å². The second kappa shape index (κ2) is 13.3. The van der Waals surface area contributed by atoms with Crippen molar-refractivity contribution >= 4 is 23.3 Å². The summed E-state index contributed by atoms with van der Waals surface area (Å²) in [6.07, 6.45) is 5.36. The van der Waals surface area contributed by atoms with Gasteiger partial charge >= 0.3 is 0 Å². The Balaban J connectivity index is 0.000000981. The zero-order valence-corrected chi connectivity index (χ0v) is 21.7. The molecular weight excluding hydrogens is 438 g/mol. The number of amidine groups is 1. The van der Waals surface area contributed by atoms with E-state index in [1.54, 1.807) is 0 Å². The molecule has 8 N–H and O–H groups in total. The molecule has 0 spiro atoms. The molecule has 1 amide bonds. The molecule has 1 aromatic carbocycles. The number of nitrogens with one attached hydrogen (secondary N) is 1. The summed E-state index contributed by atoms with van der Waals surface area (Å²) >= 11 is 6.05. The summed E-state index contributed by atoms with van der Waals surface area (Å²) in [7, 11) is 0. The summed E-state index contributed by atoms with van der Waals surface area (Å²) in [5.41, 5.74) is 19.1. The predicted molar refractivity (Wildman–Crippen MR) is 138 cm³/mol. The van der Waals surface area contributed by atoms with Gasteiger partial charge in [-0.05, 0) is 60.8 Å². The Hall–Kier alpha value is -1.67. The summed E-state index contributed by atoms with van der Waals surface area (Å²) in [5, 5.41) is 11.9. The average Bonchev–Trinajstić information content (AvgIpc) is 3.19. The molecule has 0 radical (unpaired) electrons. The normalized spacial score (nSPS) is 17.7. The first-order chi connectivity index (χ1) is 15.4. The lowest BCUT2D eigenvalue weighted by Gasteiger charge is -2.43. The number of carbonyl (C=O) groups is 1. The highest BCUT2D eigenvalue weighted by Crippen LogP contribution is 2.46. The summed E-state index contributed by atoms with van der Waals surface area (Å²) in [6.45, 7) is 11.9. The lowest BCUT2D eigenvalue weighted by atomic mass is 9.68. The molecule has 33 heavy (non-hydrogen) atoms. The quantitative estimate of drug-likeness (QED) is 0.286. The highest BCUT2D eigenvalue weighted by molar-refractivity contribution is 6.31. The van der Waals surface area contributed by atoms with Crippen molar-refractivity contribution < 1.29 is 9.90 Å². The Morgan fingerprint density at radius 3 is 2.36 bits per heavy atom. The van der Waals surface area contributed by atoms with Gasteiger partial charge in [0.05, 0.1) is 6.54 Å². The second-order valence-electron chi connectivity index (χ2n) is 10.3. The maximum atomic E-state index is 12.8. The van der Waals surface area contributed by atoms with Crippen LogP contribution in [0.4, 0.5) is 0 Å². The minimum absolute atomic E-state index is 0.0350. The standard InChI is InChI=1S/C22H35ClN4O.C3H9NO/c1-14-12-15(8-9-16(14)23)13-26-18(25)17(24)19(28)27-20(21(2,3)4)22(5)10-6-7-11-22;4-2-1-3-5/h8-9,12,17,20H,6-7,10-11,13,24H2,1-5H3,(H2,25,26)(H,27,28);5H,1-4H2. The van der Waals surface area contributed by atoms with Crippen molar-refractivity contribution in [1.82, 2.24) is 5.32 Å². The van der Waals surface area contributed by atoms with E-state index in [2.05, 4.69) is 38.0 Å². The number of aliphatic hydroxyl groups excluding tert-OH is 1. The van der Waals surface area contributed by atoms with Gasteiger partial charge in [-0.25, -0.2) is 0 Å². The average molecular weight is 482 g/mol.